The number of hydrogen-bond acceptors (Lipinski definition) is 4. The number of halogens is 1. The largest absolute Gasteiger partial charge is 0.356 e. The van der Waals surface area contributed by atoms with Gasteiger partial charge < -0.3 is 20.2 Å². The zero-order valence-electron chi connectivity index (χ0n) is 9.17. The number of carbonyl (C=O) groups is 2. The van der Waals surface area contributed by atoms with Crippen LogP contribution in [-0.4, -0.2) is 58.1 Å². The van der Waals surface area contributed by atoms with Gasteiger partial charge in [0.15, 0.2) is 0 Å². The number of hydrogen-bond donors (Lipinski definition) is 2. The summed E-state index contributed by atoms with van der Waals surface area (Å²) in [6, 6.07) is -0.426. The van der Waals surface area contributed by atoms with E-state index in [1.165, 1.54) is 17.2 Å². The monoisotopic (exact) mass is 259 g/mol. The van der Waals surface area contributed by atoms with Gasteiger partial charge in [-0.1, -0.05) is 0 Å². The zero-order chi connectivity index (χ0) is 12.4. The molecule has 2 heterocycles. The molecule has 2 atom stereocenters. The van der Waals surface area contributed by atoms with Crippen molar-refractivity contribution in [2.24, 2.45) is 0 Å². The molecule has 6 nitrogen and oxygen atoms in total. The molecule has 2 aliphatic rings. The summed E-state index contributed by atoms with van der Waals surface area (Å²) in [6.45, 7) is 1.14. The Morgan fingerprint density at radius 1 is 1.53 bits per heavy atom. The third-order valence-electron chi connectivity index (χ3n) is 2.94. The van der Waals surface area contributed by atoms with Crippen LogP contribution in [0.3, 0.4) is 0 Å². The lowest BCUT2D eigenvalue weighted by Gasteiger charge is -2.33. The number of aliphatic hydroxyl groups excluding tert-OH is 1. The van der Waals surface area contributed by atoms with E-state index in [0.717, 1.165) is 0 Å². The molecule has 0 aromatic heterocycles. The number of carbonyl (C=O) groups excluding carboxylic acids is 2. The van der Waals surface area contributed by atoms with Gasteiger partial charge in [-0.05, 0) is 6.42 Å². The Bertz CT molecular complexity index is 361. The Morgan fingerprint density at radius 3 is 2.94 bits per heavy atom. The molecular weight excluding hydrogens is 246 g/mol. The van der Waals surface area contributed by atoms with Crippen LogP contribution in [0.1, 0.15) is 6.42 Å². The molecule has 1 saturated heterocycles. The van der Waals surface area contributed by atoms with Crippen molar-refractivity contribution in [3.63, 3.8) is 0 Å². The molecule has 94 valence electrons. The second-order valence-corrected chi connectivity index (χ2v) is 4.34. The van der Waals surface area contributed by atoms with Crippen LogP contribution in [0.25, 0.3) is 0 Å². The second kappa shape index (κ2) is 4.93. The molecule has 2 amide bonds. The number of nitrogens with one attached hydrogen (secondary N) is 1. The highest BCUT2D eigenvalue weighted by Gasteiger charge is 2.38. The minimum absolute atomic E-state index is 0.0644. The summed E-state index contributed by atoms with van der Waals surface area (Å²) in [4.78, 5) is 26.1. The average molecular weight is 260 g/mol. The SMILES string of the molecule is O=C1C=CN([C@@H]2CCN(CCCl)C2=O)C(O)N1. The minimum atomic E-state index is -1.14. The summed E-state index contributed by atoms with van der Waals surface area (Å²) in [5.41, 5.74) is 0. The van der Waals surface area contributed by atoms with Gasteiger partial charge in [0.1, 0.15) is 6.04 Å². The maximum Gasteiger partial charge on any atom is 0.248 e. The van der Waals surface area contributed by atoms with E-state index >= 15 is 0 Å². The zero-order valence-corrected chi connectivity index (χ0v) is 9.93. The van der Waals surface area contributed by atoms with Crippen LogP contribution in [0.2, 0.25) is 0 Å². The normalized spacial score (nSPS) is 28.8. The Kier molecular flexibility index (Phi) is 3.54. The number of likely N-dealkylation sites (tertiary alicyclic amines) is 1. The minimum Gasteiger partial charge on any atom is -0.356 e. The highest BCUT2D eigenvalue weighted by Crippen LogP contribution is 2.20. The first-order chi connectivity index (χ1) is 8.13. The molecule has 0 bridgehead atoms. The third kappa shape index (κ3) is 2.37. The van der Waals surface area contributed by atoms with Gasteiger partial charge >= 0.3 is 0 Å². The molecule has 2 N–H and O–H groups in total. The molecule has 2 rings (SSSR count). The van der Waals surface area contributed by atoms with Crippen molar-refractivity contribution in [2.45, 2.75) is 18.8 Å². The van der Waals surface area contributed by atoms with Crippen molar-refractivity contribution in [2.75, 3.05) is 19.0 Å². The smallest absolute Gasteiger partial charge is 0.248 e. The van der Waals surface area contributed by atoms with Crippen molar-refractivity contribution in [1.82, 2.24) is 15.1 Å². The van der Waals surface area contributed by atoms with Gasteiger partial charge in [-0.2, -0.15) is 0 Å². The summed E-state index contributed by atoms with van der Waals surface area (Å²) in [5, 5.41) is 12.0. The first kappa shape index (κ1) is 12.2. The quantitative estimate of drug-likeness (QED) is 0.641. The lowest BCUT2D eigenvalue weighted by Crippen LogP contribution is -2.54. The Balaban J connectivity index is 2.06. The number of amides is 2. The van der Waals surface area contributed by atoms with Crippen LogP contribution in [0, 0.1) is 0 Å². The Labute approximate surface area is 104 Å². The van der Waals surface area contributed by atoms with Gasteiger partial charge in [0.2, 0.25) is 18.2 Å². The van der Waals surface area contributed by atoms with Crippen LogP contribution in [0.4, 0.5) is 0 Å². The molecule has 0 aliphatic carbocycles. The van der Waals surface area contributed by atoms with E-state index in [4.69, 9.17) is 11.6 Å². The maximum absolute atomic E-state index is 12.0. The molecule has 1 fully saturated rings. The number of rotatable bonds is 3. The van der Waals surface area contributed by atoms with Crippen LogP contribution in [0.15, 0.2) is 12.3 Å². The fourth-order valence-electron chi connectivity index (χ4n) is 2.08. The molecule has 0 saturated carbocycles. The molecule has 0 radical (unpaired) electrons. The van der Waals surface area contributed by atoms with Gasteiger partial charge in [0, 0.05) is 31.2 Å². The molecule has 7 heteroatoms. The number of aliphatic hydroxyl groups is 1. The fraction of sp³-hybridized carbons (Fsp3) is 0.600. The van der Waals surface area contributed by atoms with E-state index < -0.39 is 12.4 Å². The maximum atomic E-state index is 12.0. The van der Waals surface area contributed by atoms with Gasteiger partial charge in [0.05, 0.1) is 0 Å². The predicted octanol–water partition coefficient (Wildman–Crippen LogP) is -0.953. The fourth-order valence-corrected chi connectivity index (χ4v) is 2.29. The molecular formula is C10H14ClN3O3. The van der Waals surface area contributed by atoms with E-state index in [1.54, 1.807) is 4.90 Å². The lowest BCUT2D eigenvalue weighted by molar-refractivity contribution is -0.138. The third-order valence-corrected chi connectivity index (χ3v) is 3.10. The van der Waals surface area contributed by atoms with Crippen molar-refractivity contribution in [1.29, 1.82) is 0 Å². The number of alkyl halides is 1. The predicted molar refractivity (Wildman–Crippen MR) is 60.8 cm³/mol. The summed E-state index contributed by atoms with van der Waals surface area (Å²) >= 11 is 5.60. The van der Waals surface area contributed by atoms with Gasteiger partial charge in [-0.25, -0.2) is 0 Å². The van der Waals surface area contributed by atoms with Crippen molar-refractivity contribution in [3.8, 4) is 0 Å². The topological polar surface area (TPSA) is 72.9 Å². The summed E-state index contributed by atoms with van der Waals surface area (Å²) in [7, 11) is 0. The van der Waals surface area contributed by atoms with Gasteiger partial charge in [0.25, 0.3) is 0 Å². The van der Waals surface area contributed by atoms with E-state index in [1.807, 2.05) is 0 Å². The van der Waals surface area contributed by atoms with Gasteiger partial charge in [-0.15, -0.1) is 11.6 Å². The van der Waals surface area contributed by atoms with Crippen molar-refractivity contribution < 1.29 is 14.7 Å². The summed E-state index contributed by atoms with van der Waals surface area (Å²) in [6.07, 6.45) is 2.23. The standard InChI is InChI=1S/C10H14ClN3O3/c11-3-6-13-4-1-7(9(13)16)14-5-2-8(15)12-10(14)17/h2,5,7,10,17H,1,3-4,6H2,(H,12,15)/t7-,10?/m1/s1. The average Bonchev–Trinajstić information content (AvgIpc) is 2.62. The molecule has 17 heavy (non-hydrogen) atoms. The molecule has 0 aromatic carbocycles. The van der Waals surface area contributed by atoms with Crippen LogP contribution < -0.4 is 5.32 Å². The highest BCUT2D eigenvalue weighted by atomic mass is 35.5. The first-order valence-corrected chi connectivity index (χ1v) is 5.96. The van der Waals surface area contributed by atoms with E-state index in [2.05, 4.69) is 5.32 Å². The summed E-state index contributed by atoms with van der Waals surface area (Å²) < 4.78 is 0. The molecule has 1 unspecified atom stereocenters. The van der Waals surface area contributed by atoms with E-state index in [-0.39, 0.29) is 11.8 Å². The van der Waals surface area contributed by atoms with Crippen molar-refractivity contribution >= 4 is 23.4 Å². The molecule has 0 spiro atoms. The Hall–Kier alpha value is -1.27. The highest BCUT2D eigenvalue weighted by molar-refractivity contribution is 6.18. The van der Waals surface area contributed by atoms with Crippen LogP contribution >= 0.6 is 11.6 Å². The van der Waals surface area contributed by atoms with Gasteiger partial charge in [-0.3, -0.25) is 9.59 Å². The van der Waals surface area contributed by atoms with Crippen molar-refractivity contribution in [3.05, 3.63) is 12.3 Å². The number of nitrogens with zero attached hydrogens (tertiary/aromatic N) is 2. The van der Waals surface area contributed by atoms with E-state index in [0.29, 0.717) is 25.4 Å². The van der Waals surface area contributed by atoms with Crippen LogP contribution in [0.5, 0.6) is 0 Å². The van der Waals surface area contributed by atoms with Crippen LogP contribution in [-0.2, 0) is 9.59 Å². The molecule has 0 aromatic rings. The lowest BCUT2D eigenvalue weighted by atomic mass is 10.2. The molecule has 2 aliphatic heterocycles. The van der Waals surface area contributed by atoms with E-state index in [9.17, 15) is 14.7 Å². The Morgan fingerprint density at radius 2 is 2.29 bits per heavy atom. The second-order valence-electron chi connectivity index (χ2n) is 3.96. The first-order valence-electron chi connectivity index (χ1n) is 5.42. The summed E-state index contributed by atoms with van der Waals surface area (Å²) in [5.74, 6) is -0.0320.